The molecule has 1 aromatic rings. The van der Waals surface area contributed by atoms with Crippen LogP contribution in [0.4, 0.5) is 0 Å². The zero-order valence-corrected chi connectivity index (χ0v) is 22.3. The summed E-state index contributed by atoms with van der Waals surface area (Å²) in [5.74, 6) is -1.59. The summed E-state index contributed by atoms with van der Waals surface area (Å²) in [6, 6.07) is 9.69. The number of esters is 1. The van der Waals surface area contributed by atoms with Crippen molar-refractivity contribution in [3.8, 4) is 0 Å². The van der Waals surface area contributed by atoms with Gasteiger partial charge in [-0.15, -0.1) is 0 Å². The Hall–Kier alpha value is -2.74. The van der Waals surface area contributed by atoms with Crippen molar-refractivity contribution in [1.29, 1.82) is 0 Å². The number of hydrogen-bond donors (Lipinski definition) is 3. The number of rotatable bonds is 4. The molecule has 3 aliphatic rings. The molecule has 0 saturated carbocycles. The van der Waals surface area contributed by atoms with E-state index in [9.17, 15) is 20.0 Å². The molecule has 200 valence electrons. The van der Waals surface area contributed by atoms with Gasteiger partial charge in [0.05, 0.1) is 5.60 Å². The molecule has 7 heteroatoms. The lowest BCUT2D eigenvalue weighted by molar-refractivity contribution is -0.288. The van der Waals surface area contributed by atoms with Crippen LogP contribution in [0.15, 0.2) is 65.8 Å². The first-order valence-corrected chi connectivity index (χ1v) is 13.1. The van der Waals surface area contributed by atoms with Crippen molar-refractivity contribution < 1.29 is 29.6 Å². The van der Waals surface area contributed by atoms with Gasteiger partial charge in [0.2, 0.25) is 5.91 Å². The molecule has 1 amide bonds. The summed E-state index contributed by atoms with van der Waals surface area (Å²) in [7, 11) is 0. The Bertz CT molecular complexity index is 1110. The number of hydrogen-bond acceptors (Lipinski definition) is 6. The minimum Gasteiger partial charge on any atom is -0.457 e. The van der Waals surface area contributed by atoms with Crippen molar-refractivity contribution in [3.05, 3.63) is 71.3 Å². The zero-order chi connectivity index (χ0) is 27.0. The third kappa shape index (κ3) is 5.05. The van der Waals surface area contributed by atoms with E-state index >= 15 is 0 Å². The number of nitrogens with one attached hydrogen (secondary N) is 1. The van der Waals surface area contributed by atoms with Crippen molar-refractivity contribution >= 4 is 11.9 Å². The number of benzene rings is 1. The van der Waals surface area contributed by atoms with Gasteiger partial charge < -0.3 is 15.2 Å². The molecule has 1 aliphatic heterocycles. The third-order valence-electron chi connectivity index (χ3n) is 8.47. The molecule has 7 nitrogen and oxygen atoms in total. The summed E-state index contributed by atoms with van der Waals surface area (Å²) < 4.78 is 5.91. The maximum absolute atomic E-state index is 14.3. The number of aliphatic hydroxyl groups is 1. The molecule has 4 rings (SSSR count). The van der Waals surface area contributed by atoms with Crippen molar-refractivity contribution in [3.63, 3.8) is 0 Å². The van der Waals surface area contributed by atoms with E-state index in [0.717, 1.165) is 16.7 Å². The Morgan fingerprint density at radius 1 is 1.16 bits per heavy atom. The summed E-state index contributed by atoms with van der Waals surface area (Å²) in [5.41, 5.74) is 0.407. The molecule has 0 radical (unpaired) electrons. The molecule has 0 aromatic heterocycles. The summed E-state index contributed by atoms with van der Waals surface area (Å²) in [6.07, 6.45) is 7.24. The van der Waals surface area contributed by atoms with Gasteiger partial charge in [0.1, 0.15) is 17.6 Å². The van der Waals surface area contributed by atoms with E-state index in [4.69, 9.17) is 9.62 Å². The van der Waals surface area contributed by atoms with Crippen LogP contribution in [0, 0.1) is 23.2 Å². The van der Waals surface area contributed by atoms with Gasteiger partial charge in [-0.2, -0.15) is 0 Å². The number of amides is 1. The van der Waals surface area contributed by atoms with E-state index in [-0.39, 0.29) is 23.8 Å². The molecule has 37 heavy (non-hydrogen) atoms. The van der Waals surface area contributed by atoms with Gasteiger partial charge in [-0.05, 0) is 63.2 Å². The zero-order valence-electron chi connectivity index (χ0n) is 22.3. The molecule has 8 atom stereocenters. The molecule has 1 spiro atoms. The summed E-state index contributed by atoms with van der Waals surface area (Å²) in [4.78, 5) is 31.7. The Labute approximate surface area is 219 Å². The van der Waals surface area contributed by atoms with E-state index in [2.05, 4.69) is 12.2 Å². The molecule has 3 N–H and O–H groups in total. The molecule has 1 heterocycles. The third-order valence-corrected chi connectivity index (χ3v) is 8.47. The Morgan fingerprint density at radius 2 is 1.86 bits per heavy atom. The van der Waals surface area contributed by atoms with E-state index in [0.29, 0.717) is 19.3 Å². The number of ether oxygens (including phenoxy) is 1. The lowest BCUT2D eigenvalue weighted by atomic mass is 9.54. The predicted molar refractivity (Wildman–Crippen MR) is 140 cm³/mol. The van der Waals surface area contributed by atoms with Crippen LogP contribution in [0.5, 0.6) is 0 Å². The first-order valence-electron chi connectivity index (χ1n) is 13.1. The highest BCUT2D eigenvalue weighted by molar-refractivity contribution is 5.89. The molecule has 0 bridgehead atoms. The molecule has 0 unspecified atom stereocenters. The maximum Gasteiger partial charge on any atom is 0.303 e. The smallest absolute Gasteiger partial charge is 0.303 e. The Morgan fingerprint density at radius 3 is 2.51 bits per heavy atom. The summed E-state index contributed by atoms with van der Waals surface area (Å²) in [5, 5.41) is 24.5. The lowest BCUT2D eigenvalue weighted by Crippen LogP contribution is -2.58. The number of carbonyl (C=O) groups excluding carboxylic acids is 2. The molecule has 1 fully saturated rings. The maximum atomic E-state index is 14.3. The van der Waals surface area contributed by atoms with Crippen LogP contribution in [0.2, 0.25) is 0 Å². The molecular formula is C30H39NO6. The van der Waals surface area contributed by atoms with E-state index in [1.165, 1.54) is 6.92 Å². The van der Waals surface area contributed by atoms with Crippen molar-refractivity contribution in [2.24, 2.45) is 23.2 Å². The Balaban J connectivity index is 1.97. The van der Waals surface area contributed by atoms with Crippen LogP contribution in [-0.4, -0.2) is 46.1 Å². The fraction of sp³-hybridized carbons (Fsp3) is 0.533. The highest BCUT2D eigenvalue weighted by atomic mass is 17.1. The first kappa shape index (κ1) is 27.3. The minimum absolute atomic E-state index is 0.159. The van der Waals surface area contributed by atoms with Crippen LogP contribution in [0.1, 0.15) is 53.0 Å². The van der Waals surface area contributed by atoms with Gasteiger partial charge in [0.15, 0.2) is 0 Å². The Kier molecular flexibility index (Phi) is 7.79. The predicted octanol–water partition coefficient (Wildman–Crippen LogP) is 4.38. The van der Waals surface area contributed by atoms with Crippen LogP contribution in [0.3, 0.4) is 0 Å². The van der Waals surface area contributed by atoms with Gasteiger partial charge in [-0.25, -0.2) is 4.89 Å². The second-order valence-corrected chi connectivity index (χ2v) is 11.3. The standard InChI is InChI=1S/C30H39NO6/c1-18-10-9-13-23-27(37-35)20(3)19(2)26-24(16-22-11-7-6-8-12-22)31-28(33)30(23,26)25(36-21(4)32)14-15-29(5,34)17-18/h6-9,11-15,18,23-27,34-35H,10,16-17H2,1-5H3,(H,31,33)/b13-9+,15-14+/t18-,23-,24-,25+,26-,27+,29-,30+/m0/s1. The molecular weight excluding hydrogens is 470 g/mol. The van der Waals surface area contributed by atoms with E-state index in [1.807, 2.05) is 56.3 Å². The van der Waals surface area contributed by atoms with Crippen molar-refractivity contribution in [2.75, 3.05) is 0 Å². The van der Waals surface area contributed by atoms with Crippen LogP contribution in [0.25, 0.3) is 0 Å². The normalized spacial score (nSPS) is 39.6. The second-order valence-electron chi connectivity index (χ2n) is 11.3. The summed E-state index contributed by atoms with van der Waals surface area (Å²) >= 11 is 0. The van der Waals surface area contributed by atoms with Gasteiger partial charge in [-0.1, -0.05) is 61.1 Å². The average Bonchev–Trinajstić information content (AvgIpc) is 3.11. The van der Waals surface area contributed by atoms with Gasteiger partial charge in [0, 0.05) is 24.8 Å². The number of carbonyl (C=O) groups is 2. The van der Waals surface area contributed by atoms with Gasteiger partial charge >= 0.3 is 5.97 Å². The van der Waals surface area contributed by atoms with Crippen LogP contribution >= 0.6 is 0 Å². The fourth-order valence-electron chi connectivity index (χ4n) is 6.88. The molecule has 2 aliphatic carbocycles. The molecule has 1 saturated heterocycles. The van der Waals surface area contributed by atoms with Gasteiger partial charge in [0.25, 0.3) is 0 Å². The largest absolute Gasteiger partial charge is 0.457 e. The topological polar surface area (TPSA) is 105 Å². The van der Waals surface area contributed by atoms with Crippen molar-refractivity contribution in [1.82, 2.24) is 5.32 Å². The van der Waals surface area contributed by atoms with E-state index in [1.54, 1.807) is 19.1 Å². The first-order chi connectivity index (χ1) is 17.5. The molecule has 1 aromatic carbocycles. The average molecular weight is 510 g/mol. The SMILES string of the molecule is CC(=O)O[C@@H]1/C=C/[C@](C)(O)C[C@@H](C)C/C=C/[C@H]2[C@H](OO)C(C)=C(C)[C@H]3[C@H](Cc4ccccc4)NC(=O)[C@@]123. The monoisotopic (exact) mass is 509 g/mol. The lowest BCUT2D eigenvalue weighted by Gasteiger charge is -2.49. The summed E-state index contributed by atoms with van der Waals surface area (Å²) in [6.45, 7) is 8.99. The highest BCUT2D eigenvalue weighted by Gasteiger charge is 2.67. The number of allylic oxidation sites excluding steroid dienone is 1. The minimum atomic E-state index is -1.29. The fourth-order valence-corrected chi connectivity index (χ4v) is 6.88. The van der Waals surface area contributed by atoms with Crippen LogP contribution < -0.4 is 5.32 Å². The van der Waals surface area contributed by atoms with Crippen molar-refractivity contribution in [2.45, 2.75) is 77.7 Å². The van der Waals surface area contributed by atoms with Crippen LogP contribution in [-0.2, 0) is 25.6 Å². The highest BCUT2D eigenvalue weighted by Crippen LogP contribution is 2.57. The van der Waals surface area contributed by atoms with Gasteiger partial charge in [-0.3, -0.25) is 14.8 Å². The van der Waals surface area contributed by atoms with E-state index < -0.39 is 35.1 Å². The quantitative estimate of drug-likeness (QED) is 0.241. The second kappa shape index (κ2) is 10.6.